The van der Waals surface area contributed by atoms with Gasteiger partial charge < -0.3 is 14.5 Å². The largest absolute Gasteiger partial charge is 0.497 e. The molecule has 0 aliphatic carbocycles. The number of benzene rings is 4. The number of hydrogen-bond donors (Lipinski definition) is 0. The van der Waals surface area contributed by atoms with Crippen LogP contribution in [0.25, 0.3) is 21.8 Å². The van der Waals surface area contributed by atoms with Crippen molar-refractivity contribution in [1.82, 2.24) is 9.88 Å². The SMILES string of the molecule is COc1ccc(N2CCN(/C(=N\c3sc(-c4ccc(F)cc4)nc3-c3ccccc3)c3ccccc3)CC2)cc1. The Morgan fingerprint density at radius 3 is 2.08 bits per heavy atom. The van der Waals surface area contributed by atoms with E-state index in [-0.39, 0.29) is 5.82 Å². The van der Waals surface area contributed by atoms with Crippen LogP contribution in [0.2, 0.25) is 0 Å². The van der Waals surface area contributed by atoms with Crippen LogP contribution in [-0.4, -0.2) is 49.0 Å². The Morgan fingerprint density at radius 2 is 1.43 bits per heavy atom. The van der Waals surface area contributed by atoms with Crippen molar-refractivity contribution >= 4 is 27.9 Å². The molecule has 0 spiro atoms. The third-order valence-corrected chi connectivity index (χ3v) is 8.00. The molecule has 0 bridgehead atoms. The first-order chi connectivity index (χ1) is 19.7. The molecule has 1 aromatic heterocycles. The quantitative estimate of drug-likeness (QED) is 0.163. The number of halogens is 1. The zero-order valence-electron chi connectivity index (χ0n) is 22.2. The maximum absolute atomic E-state index is 13.6. The van der Waals surface area contributed by atoms with Crippen molar-refractivity contribution in [2.75, 3.05) is 38.2 Å². The molecule has 1 aliphatic heterocycles. The van der Waals surface area contributed by atoms with Crippen molar-refractivity contribution < 1.29 is 9.13 Å². The summed E-state index contributed by atoms with van der Waals surface area (Å²) in [6.07, 6.45) is 0. The molecule has 7 heteroatoms. The van der Waals surface area contributed by atoms with Gasteiger partial charge in [-0.1, -0.05) is 72.0 Å². The van der Waals surface area contributed by atoms with Gasteiger partial charge in [0.05, 0.1) is 7.11 Å². The molecule has 0 N–H and O–H groups in total. The van der Waals surface area contributed by atoms with Crippen molar-refractivity contribution in [3.63, 3.8) is 0 Å². The van der Waals surface area contributed by atoms with Crippen molar-refractivity contribution in [2.24, 2.45) is 4.99 Å². The molecule has 0 unspecified atom stereocenters. The molecule has 5 nitrogen and oxygen atoms in total. The Kier molecular flexibility index (Phi) is 7.55. The highest BCUT2D eigenvalue weighted by molar-refractivity contribution is 7.19. The lowest BCUT2D eigenvalue weighted by atomic mass is 10.1. The summed E-state index contributed by atoms with van der Waals surface area (Å²) in [6.45, 7) is 3.44. The van der Waals surface area contributed by atoms with Crippen LogP contribution in [0.4, 0.5) is 15.1 Å². The second-order valence-corrected chi connectivity index (χ2v) is 10.5. The first kappa shape index (κ1) is 25.8. The average Bonchev–Trinajstić information content (AvgIpc) is 3.45. The molecule has 1 aliphatic rings. The standard InChI is InChI=1S/C33H29FN4OS/c1-39-29-18-16-28(17-19-29)37-20-22-38(23-21-37)31(25-10-6-3-7-11-25)36-33-30(24-8-4-2-5-9-24)35-32(40-33)26-12-14-27(34)15-13-26/h2-19H,20-23H2,1H3/b36-31-. The highest BCUT2D eigenvalue weighted by Gasteiger charge is 2.23. The molecule has 5 aromatic rings. The minimum absolute atomic E-state index is 0.262. The van der Waals surface area contributed by atoms with E-state index in [0.717, 1.165) is 70.2 Å². The van der Waals surface area contributed by atoms with Crippen LogP contribution >= 0.6 is 11.3 Å². The fourth-order valence-corrected chi connectivity index (χ4v) is 5.82. The number of anilines is 1. The third kappa shape index (κ3) is 5.60. The van der Waals surface area contributed by atoms with Gasteiger partial charge >= 0.3 is 0 Å². The van der Waals surface area contributed by atoms with Crippen LogP contribution in [0.1, 0.15) is 5.56 Å². The molecule has 200 valence electrons. The number of aliphatic imine (C=N–C) groups is 1. The maximum atomic E-state index is 13.6. The summed E-state index contributed by atoms with van der Waals surface area (Å²) in [5.74, 6) is 1.53. The molecular weight excluding hydrogens is 519 g/mol. The lowest BCUT2D eigenvalue weighted by molar-refractivity contribution is 0.386. The van der Waals surface area contributed by atoms with E-state index in [4.69, 9.17) is 14.7 Å². The van der Waals surface area contributed by atoms with E-state index in [0.29, 0.717) is 0 Å². The van der Waals surface area contributed by atoms with E-state index in [1.807, 2.05) is 48.5 Å². The summed E-state index contributed by atoms with van der Waals surface area (Å²) in [4.78, 5) is 15.1. The Labute approximate surface area is 237 Å². The Hall–Kier alpha value is -4.49. The average molecular weight is 549 g/mol. The predicted molar refractivity (Wildman–Crippen MR) is 162 cm³/mol. The van der Waals surface area contributed by atoms with E-state index < -0.39 is 0 Å². The van der Waals surface area contributed by atoms with Crippen LogP contribution in [0.15, 0.2) is 114 Å². The molecule has 0 radical (unpaired) electrons. The Balaban J connectivity index is 1.36. The predicted octanol–water partition coefficient (Wildman–Crippen LogP) is 7.53. The molecule has 40 heavy (non-hydrogen) atoms. The van der Waals surface area contributed by atoms with Crippen LogP contribution in [0.3, 0.4) is 0 Å². The van der Waals surface area contributed by atoms with Crippen molar-refractivity contribution in [3.05, 3.63) is 121 Å². The Bertz CT molecular complexity index is 1580. The van der Waals surface area contributed by atoms with Gasteiger partial charge in [0.15, 0.2) is 0 Å². The maximum Gasteiger partial charge on any atom is 0.146 e. The smallest absolute Gasteiger partial charge is 0.146 e. The van der Waals surface area contributed by atoms with E-state index >= 15 is 0 Å². The van der Waals surface area contributed by atoms with Gasteiger partial charge in [-0.15, -0.1) is 0 Å². The lowest BCUT2D eigenvalue weighted by Crippen LogP contribution is -2.49. The van der Waals surface area contributed by atoms with Crippen molar-refractivity contribution in [3.8, 4) is 27.6 Å². The monoisotopic (exact) mass is 548 g/mol. The minimum atomic E-state index is -0.262. The van der Waals surface area contributed by atoms with Gasteiger partial charge in [0.2, 0.25) is 0 Å². The van der Waals surface area contributed by atoms with Crippen molar-refractivity contribution in [1.29, 1.82) is 0 Å². The molecular formula is C33H29FN4OS. The molecule has 1 fully saturated rings. The van der Waals surface area contributed by atoms with E-state index in [2.05, 4.69) is 46.2 Å². The van der Waals surface area contributed by atoms with Gasteiger partial charge in [-0.25, -0.2) is 14.4 Å². The topological polar surface area (TPSA) is 41.0 Å². The van der Waals surface area contributed by atoms with Gasteiger partial charge in [0.1, 0.15) is 33.1 Å². The summed E-state index contributed by atoms with van der Waals surface area (Å²) in [5.41, 5.74) is 4.96. The number of ether oxygens (including phenoxy) is 1. The van der Waals surface area contributed by atoms with E-state index in [1.54, 1.807) is 19.2 Å². The first-order valence-electron chi connectivity index (χ1n) is 13.3. The second kappa shape index (κ2) is 11.7. The van der Waals surface area contributed by atoms with Crippen LogP contribution in [-0.2, 0) is 0 Å². The van der Waals surface area contributed by atoms with Crippen LogP contribution < -0.4 is 9.64 Å². The number of methoxy groups -OCH3 is 1. The summed E-state index contributed by atoms with van der Waals surface area (Å²) < 4.78 is 19.0. The molecule has 4 aromatic carbocycles. The van der Waals surface area contributed by atoms with Gasteiger partial charge in [-0.2, -0.15) is 0 Å². The first-order valence-corrected chi connectivity index (χ1v) is 14.1. The summed E-state index contributed by atoms with van der Waals surface area (Å²) >= 11 is 1.53. The van der Waals surface area contributed by atoms with Crippen LogP contribution in [0, 0.1) is 5.82 Å². The normalized spacial score (nSPS) is 13.9. The number of rotatable bonds is 6. The highest BCUT2D eigenvalue weighted by atomic mass is 32.1. The summed E-state index contributed by atoms with van der Waals surface area (Å²) in [5, 5.41) is 1.65. The second-order valence-electron chi connectivity index (χ2n) is 9.52. The number of thiazole rings is 1. The zero-order chi connectivity index (χ0) is 27.3. The van der Waals surface area contributed by atoms with Crippen molar-refractivity contribution in [2.45, 2.75) is 0 Å². The van der Waals surface area contributed by atoms with Gasteiger partial charge in [-0.3, -0.25) is 0 Å². The fourth-order valence-electron chi connectivity index (χ4n) is 4.86. The highest BCUT2D eigenvalue weighted by Crippen LogP contribution is 2.40. The number of amidine groups is 1. The summed E-state index contributed by atoms with van der Waals surface area (Å²) in [6, 6.07) is 35.2. The number of nitrogens with zero attached hydrogens (tertiary/aromatic N) is 4. The van der Waals surface area contributed by atoms with E-state index in [1.165, 1.54) is 29.2 Å². The zero-order valence-corrected chi connectivity index (χ0v) is 23.0. The number of hydrogen-bond acceptors (Lipinski definition) is 5. The lowest BCUT2D eigenvalue weighted by Gasteiger charge is -2.37. The molecule has 6 rings (SSSR count). The van der Waals surface area contributed by atoms with E-state index in [9.17, 15) is 4.39 Å². The molecule has 0 atom stereocenters. The Morgan fingerprint density at radius 1 is 0.775 bits per heavy atom. The number of aromatic nitrogens is 1. The fraction of sp³-hybridized carbons (Fsp3) is 0.152. The van der Waals surface area contributed by atoms with Gasteiger partial charge in [0, 0.05) is 48.6 Å². The van der Waals surface area contributed by atoms with Gasteiger partial charge in [0.25, 0.3) is 0 Å². The number of piperazine rings is 1. The molecule has 2 heterocycles. The van der Waals surface area contributed by atoms with Crippen LogP contribution in [0.5, 0.6) is 5.75 Å². The van der Waals surface area contributed by atoms with Gasteiger partial charge in [-0.05, 0) is 48.5 Å². The molecule has 1 saturated heterocycles. The molecule has 0 amide bonds. The minimum Gasteiger partial charge on any atom is -0.497 e. The molecule has 0 saturated carbocycles. The summed E-state index contributed by atoms with van der Waals surface area (Å²) in [7, 11) is 1.69. The third-order valence-electron chi connectivity index (χ3n) is 7.00.